The number of carbonyl (C=O) groups is 1. The van der Waals surface area contributed by atoms with Crippen LogP contribution < -0.4 is 16.0 Å². The number of rotatable bonds is 4. The highest BCUT2D eigenvalue weighted by Gasteiger charge is 2.16. The van der Waals surface area contributed by atoms with Gasteiger partial charge in [0.05, 0.1) is 0 Å². The van der Waals surface area contributed by atoms with Gasteiger partial charge >= 0.3 is 0 Å². The Morgan fingerprint density at radius 1 is 1.37 bits per heavy atom. The molecule has 4 nitrogen and oxygen atoms in total. The quantitative estimate of drug-likeness (QED) is 0.777. The smallest absolute Gasteiger partial charge is 0.221 e. The fraction of sp³-hybridized carbons (Fsp3) is 0.533. The summed E-state index contributed by atoms with van der Waals surface area (Å²) >= 11 is 0. The van der Waals surface area contributed by atoms with E-state index >= 15 is 0 Å². The number of carbonyl (C=O) groups excluding carboxylic acids is 1. The first-order chi connectivity index (χ1) is 9.15. The van der Waals surface area contributed by atoms with Gasteiger partial charge < -0.3 is 16.0 Å². The van der Waals surface area contributed by atoms with Crippen molar-refractivity contribution in [3.05, 3.63) is 29.8 Å². The molecule has 3 N–H and O–H groups in total. The molecule has 1 atom stereocenters. The average Bonchev–Trinajstić information content (AvgIpc) is 2.39. The van der Waals surface area contributed by atoms with Crippen molar-refractivity contribution < 1.29 is 4.79 Å². The van der Waals surface area contributed by atoms with E-state index in [1.54, 1.807) is 0 Å². The van der Waals surface area contributed by atoms with Gasteiger partial charge in [-0.2, -0.15) is 0 Å². The summed E-state index contributed by atoms with van der Waals surface area (Å²) in [4.78, 5) is 11.1. The van der Waals surface area contributed by atoms with Crippen LogP contribution in [0.4, 0.5) is 5.69 Å². The lowest BCUT2D eigenvalue weighted by Crippen LogP contribution is -2.40. The summed E-state index contributed by atoms with van der Waals surface area (Å²) in [5.41, 5.74) is 2.08. The summed E-state index contributed by atoms with van der Waals surface area (Å²) < 4.78 is 0. The van der Waals surface area contributed by atoms with Gasteiger partial charge in [-0.1, -0.05) is 12.1 Å². The Morgan fingerprint density at radius 3 is 2.79 bits per heavy atom. The van der Waals surface area contributed by atoms with Gasteiger partial charge in [0, 0.05) is 24.7 Å². The highest BCUT2D eigenvalue weighted by atomic mass is 16.1. The lowest BCUT2D eigenvalue weighted by Gasteiger charge is -2.27. The molecular weight excluding hydrogens is 238 g/mol. The number of anilines is 1. The standard InChI is InChI=1S/C15H23N3O/c1-11(17-14-6-8-16-9-7-14)13-4-3-5-15(10-13)18-12(2)19/h3-5,10-11,14,16-17H,6-9H2,1-2H3,(H,18,19). The largest absolute Gasteiger partial charge is 0.326 e. The molecule has 0 saturated carbocycles. The molecule has 1 heterocycles. The predicted octanol–water partition coefficient (Wildman–Crippen LogP) is 2.05. The molecule has 0 spiro atoms. The van der Waals surface area contributed by atoms with E-state index < -0.39 is 0 Å². The minimum atomic E-state index is -0.0314. The van der Waals surface area contributed by atoms with Gasteiger partial charge in [-0.25, -0.2) is 0 Å². The molecule has 1 amide bonds. The van der Waals surface area contributed by atoms with Crippen molar-refractivity contribution in [1.82, 2.24) is 10.6 Å². The van der Waals surface area contributed by atoms with Crippen molar-refractivity contribution in [2.45, 2.75) is 38.8 Å². The second-order valence-electron chi connectivity index (χ2n) is 5.22. The maximum absolute atomic E-state index is 11.1. The number of benzene rings is 1. The van der Waals surface area contributed by atoms with E-state index in [9.17, 15) is 4.79 Å². The molecule has 0 aromatic heterocycles. The van der Waals surface area contributed by atoms with Crippen LogP contribution in [0.1, 0.15) is 38.3 Å². The van der Waals surface area contributed by atoms with Crippen LogP contribution in [0.2, 0.25) is 0 Å². The SMILES string of the molecule is CC(=O)Nc1cccc(C(C)NC2CCNCC2)c1. The molecule has 0 radical (unpaired) electrons. The monoisotopic (exact) mass is 261 g/mol. The normalized spacial score (nSPS) is 18.0. The Balaban J connectivity index is 1.97. The molecule has 1 aliphatic heterocycles. The molecule has 2 rings (SSSR count). The Bertz CT molecular complexity index is 427. The van der Waals surface area contributed by atoms with Crippen LogP contribution in [0.3, 0.4) is 0 Å². The van der Waals surface area contributed by atoms with Gasteiger partial charge in [-0.3, -0.25) is 4.79 Å². The summed E-state index contributed by atoms with van der Waals surface area (Å²) in [6, 6.07) is 8.94. The van der Waals surface area contributed by atoms with Gasteiger partial charge in [0.25, 0.3) is 0 Å². The number of hydrogen-bond donors (Lipinski definition) is 3. The molecule has 1 fully saturated rings. The zero-order chi connectivity index (χ0) is 13.7. The Morgan fingerprint density at radius 2 is 2.11 bits per heavy atom. The molecule has 1 aliphatic rings. The highest BCUT2D eigenvalue weighted by Crippen LogP contribution is 2.19. The van der Waals surface area contributed by atoms with Gasteiger partial charge in [0.1, 0.15) is 0 Å². The van der Waals surface area contributed by atoms with Crippen LogP contribution in [0.5, 0.6) is 0 Å². The molecule has 1 unspecified atom stereocenters. The molecule has 0 aliphatic carbocycles. The van der Waals surface area contributed by atoms with E-state index in [1.165, 1.54) is 25.3 Å². The lowest BCUT2D eigenvalue weighted by atomic mass is 10.0. The van der Waals surface area contributed by atoms with Crippen LogP contribution in [0.25, 0.3) is 0 Å². The third kappa shape index (κ3) is 4.33. The third-order valence-electron chi connectivity index (χ3n) is 3.53. The number of hydrogen-bond acceptors (Lipinski definition) is 3. The number of nitrogens with one attached hydrogen (secondary N) is 3. The average molecular weight is 261 g/mol. The van der Waals surface area contributed by atoms with Gasteiger partial charge in [-0.15, -0.1) is 0 Å². The van der Waals surface area contributed by atoms with Gasteiger partial charge in [-0.05, 0) is 50.6 Å². The van der Waals surface area contributed by atoms with Crippen molar-refractivity contribution in [3.8, 4) is 0 Å². The molecule has 1 aromatic carbocycles. The van der Waals surface area contributed by atoms with Crippen molar-refractivity contribution in [2.24, 2.45) is 0 Å². The summed E-state index contributed by atoms with van der Waals surface area (Å²) in [6.07, 6.45) is 2.35. The van der Waals surface area contributed by atoms with E-state index in [2.05, 4.69) is 28.9 Å². The van der Waals surface area contributed by atoms with Crippen LogP contribution in [-0.4, -0.2) is 25.0 Å². The van der Waals surface area contributed by atoms with E-state index in [0.717, 1.165) is 18.8 Å². The Kier molecular flexibility index (Phi) is 4.93. The van der Waals surface area contributed by atoms with E-state index in [4.69, 9.17) is 0 Å². The van der Waals surface area contributed by atoms with E-state index in [1.807, 2.05) is 18.2 Å². The minimum absolute atomic E-state index is 0.0314. The number of amides is 1. The Labute approximate surface area is 115 Å². The molecule has 19 heavy (non-hydrogen) atoms. The maximum Gasteiger partial charge on any atom is 0.221 e. The summed E-state index contributed by atoms with van der Waals surface area (Å²) in [5, 5.41) is 9.86. The fourth-order valence-electron chi connectivity index (χ4n) is 2.53. The van der Waals surface area contributed by atoms with Crippen LogP contribution >= 0.6 is 0 Å². The van der Waals surface area contributed by atoms with Crippen LogP contribution in [0, 0.1) is 0 Å². The van der Waals surface area contributed by atoms with Crippen molar-refractivity contribution in [1.29, 1.82) is 0 Å². The first-order valence-electron chi connectivity index (χ1n) is 6.99. The zero-order valence-electron chi connectivity index (χ0n) is 11.7. The van der Waals surface area contributed by atoms with Gasteiger partial charge in [0.15, 0.2) is 0 Å². The first kappa shape index (κ1) is 14.0. The molecule has 1 aromatic rings. The number of piperidine rings is 1. The minimum Gasteiger partial charge on any atom is -0.326 e. The second-order valence-corrected chi connectivity index (χ2v) is 5.22. The van der Waals surface area contributed by atoms with Crippen molar-refractivity contribution >= 4 is 11.6 Å². The highest BCUT2D eigenvalue weighted by molar-refractivity contribution is 5.88. The molecule has 1 saturated heterocycles. The zero-order valence-corrected chi connectivity index (χ0v) is 11.7. The molecular formula is C15H23N3O. The summed E-state index contributed by atoms with van der Waals surface area (Å²) in [5.74, 6) is -0.0314. The predicted molar refractivity (Wildman–Crippen MR) is 78.2 cm³/mol. The Hall–Kier alpha value is -1.39. The topological polar surface area (TPSA) is 53.2 Å². The lowest BCUT2D eigenvalue weighted by molar-refractivity contribution is -0.114. The van der Waals surface area contributed by atoms with Gasteiger partial charge in [0.2, 0.25) is 5.91 Å². The molecule has 0 bridgehead atoms. The van der Waals surface area contributed by atoms with E-state index in [0.29, 0.717) is 12.1 Å². The van der Waals surface area contributed by atoms with Crippen LogP contribution in [-0.2, 0) is 4.79 Å². The first-order valence-corrected chi connectivity index (χ1v) is 6.99. The van der Waals surface area contributed by atoms with Crippen molar-refractivity contribution in [2.75, 3.05) is 18.4 Å². The van der Waals surface area contributed by atoms with Crippen LogP contribution in [0.15, 0.2) is 24.3 Å². The molecule has 104 valence electrons. The summed E-state index contributed by atoms with van der Waals surface area (Å²) in [7, 11) is 0. The molecule has 4 heteroatoms. The third-order valence-corrected chi connectivity index (χ3v) is 3.53. The van der Waals surface area contributed by atoms with Crippen molar-refractivity contribution in [3.63, 3.8) is 0 Å². The van der Waals surface area contributed by atoms with E-state index in [-0.39, 0.29) is 5.91 Å². The summed E-state index contributed by atoms with van der Waals surface area (Å²) in [6.45, 7) is 5.89. The maximum atomic E-state index is 11.1. The second kappa shape index (κ2) is 6.68. The fourth-order valence-corrected chi connectivity index (χ4v) is 2.53.